The van der Waals surface area contributed by atoms with Crippen LogP contribution >= 0.6 is 11.8 Å². The minimum absolute atomic E-state index is 0.160. The van der Waals surface area contributed by atoms with Gasteiger partial charge in [-0.2, -0.15) is 0 Å². The van der Waals surface area contributed by atoms with E-state index in [9.17, 15) is 14.7 Å². The Labute approximate surface area is 133 Å². The molecule has 0 aromatic heterocycles. The van der Waals surface area contributed by atoms with Crippen LogP contribution in [0.25, 0.3) is 4.91 Å². The molecule has 0 unspecified atom stereocenters. The Morgan fingerprint density at radius 2 is 1.50 bits per heavy atom. The molecule has 22 heavy (non-hydrogen) atoms. The van der Waals surface area contributed by atoms with E-state index in [1.165, 1.54) is 18.7 Å². The molecule has 0 heterocycles. The van der Waals surface area contributed by atoms with Crippen molar-refractivity contribution in [1.29, 1.82) is 0 Å². The third-order valence-electron chi connectivity index (χ3n) is 3.05. The van der Waals surface area contributed by atoms with Crippen molar-refractivity contribution in [3.8, 4) is 0 Å². The summed E-state index contributed by atoms with van der Waals surface area (Å²) in [5.74, 6) is -1.02. The summed E-state index contributed by atoms with van der Waals surface area (Å²) in [7, 11) is 0. The van der Waals surface area contributed by atoms with Gasteiger partial charge in [-0.3, -0.25) is 4.79 Å². The zero-order valence-corrected chi connectivity index (χ0v) is 13.0. The highest BCUT2D eigenvalue weighted by Crippen LogP contribution is 2.33. The lowest BCUT2D eigenvalue weighted by Gasteiger charge is -2.11. The molecule has 112 valence electrons. The van der Waals surface area contributed by atoms with E-state index >= 15 is 0 Å². The van der Waals surface area contributed by atoms with E-state index < -0.39 is 11.8 Å². The molecular weight excluding hydrogens is 296 g/mol. The van der Waals surface area contributed by atoms with Crippen molar-refractivity contribution < 1.29 is 14.7 Å². The summed E-state index contributed by atoms with van der Waals surface area (Å²) in [4.78, 5) is 23.7. The van der Waals surface area contributed by atoms with Crippen LogP contribution in [0, 0.1) is 0 Å². The fraction of sp³-hybridized carbons (Fsp3) is 0.111. The van der Waals surface area contributed by atoms with Crippen molar-refractivity contribution in [1.82, 2.24) is 0 Å². The molecule has 2 aromatic carbocycles. The van der Waals surface area contributed by atoms with Crippen LogP contribution in [0.15, 0.2) is 66.2 Å². The molecule has 2 rings (SSSR count). The van der Waals surface area contributed by atoms with E-state index in [4.69, 9.17) is 0 Å². The maximum atomic E-state index is 11.8. The number of carboxylic acid groups (broad SMARTS) is 1. The average Bonchev–Trinajstić information content (AvgIpc) is 2.52. The normalized spacial score (nSPS) is 11.7. The first-order valence-electron chi connectivity index (χ1n) is 6.80. The lowest BCUT2D eigenvalue weighted by atomic mass is 10.1. The van der Waals surface area contributed by atoms with Crippen molar-refractivity contribution in [3.05, 3.63) is 77.4 Å². The predicted octanol–water partition coefficient (Wildman–Crippen LogP) is 4.00. The molecule has 0 atom stereocenters. The lowest BCUT2D eigenvalue weighted by molar-refractivity contribution is -0.134. The van der Waals surface area contributed by atoms with Crippen LogP contribution in [0.1, 0.15) is 18.1 Å². The molecule has 3 nitrogen and oxygen atoms in total. The highest BCUT2D eigenvalue weighted by atomic mass is 32.2. The first-order valence-corrected chi connectivity index (χ1v) is 7.79. The Hall–Kier alpha value is -2.33. The Morgan fingerprint density at radius 3 is 2.00 bits per heavy atom. The van der Waals surface area contributed by atoms with Crippen molar-refractivity contribution >= 4 is 28.4 Å². The largest absolute Gasteiger partial charge is 0.478 e. The van der Waals surface area contributed by atoms with Gasteiger partial charge < -0.3 is 5.11 Å². The number of carbonyl (C=O) groups is 2. The number of aliphatic carboxylic acids is 1. The zero-order valence-electron chi connectivity index (χ0n) is 12.2. The molecule has 1 N–H and O–H groups in total. The number of carbonyl (C=O) groups excluding carboxylic acids is 1. The number of rotatable bonds is 6. The molecule has 0 saturated carbocycles. The van der Waals surface area contributed by atoms with Gasteiger partial charge in [0.1, 0.15) is 5.57 Å². The van der Waals surface area contributed by atoms with Crippen molar-refractivity contribution in [2.45, 2.75) is 12.7 Å². The molecule has 0 spiro atoms. The quantitative estimate of drug-likeness (QED) is 0.497. The van der Waals surface area contributed by atoms with Gasteiger partial charge in [0.05, 0.1) is 0 Å². The second-order valence-electron chi connectivity index (χ2n) is 4.71. The van der Waals surface area contributed by atoms with Gasteiger partial charge in [0.25, 0.3) is 0 Å². The Kier molecular flexibility index (Phi) is 5.55. The predicted molar refractivity (Wildman–Crippen MR) is 89.4 cm³/mol. The highest BCUT2D eigenvalue weighted by molar-refractivity contribution is 8.07. The average molecular weight is 312 g/mol. The molecule has 0 fully saturated rings. The van der Waals surface area contributed by atoms with E-state index in [0.717, 1.165) is 11.1 Å². The Balaban J connectivity index is 2.40. The topological polar surface area (TPSA) is 54.4 Å². The lowest BCUT2D eigenvalue weighted by Crippen LogP contribution is -2.11. The zero-order chi connectivity index (χ0) is 15.9. The number of thioether (sulfide) groups is 1. The fourth-order valence-electron chi connectivity index (χ4n) is 2.03. The summed E-state index contributed by atoms with van der Waals surface area (Å²) in [6, 6.07) is 18.9. The van der Waals surface area contributed by atoms with E-state index in [1.54, 1.807) is 0 Å². The highest BCUT2D eigenvalue weighted by Gasteiger charge is 2.20. The van der Waals surface area contributed by atoms with Gasteiger partial charge >= 0.3 is 5.97 Å². The smallest absolute Gasteiger partial charge is 0.340 e. The van der Waals surface area contributed by atoms with Gasteiger partial charge in [-0.1, -0.05) is 60.7 Å². The number of carboxylic acids is 1. The van der Waals surface area contributed by atoms with Crippen LogP contribution in [0.4, 0.5) is 0 Å². The van der Waals surface area contributed by atoms with Crippen LogP contribution < -0.4 is 0 Å². The minimum atomic E-state index is -1.19. The second-order valence-corrected chi connectivity index (χ2v) is 5.69. The molecule has 0 aliphatic rings. The van der Waals surface area contributed by atoms with Gasteiger partial charge in [-0.25, -0.2) is 4.79 Å². The number of hydrogen-bond donors (Lipinski definition) is 1. The van der Waals surface area contributed by atoms with Gasteiger partial charge in [0.15, 0.2) is 5.78 Å². The van der Waals surface area contributed by atoms with Crippen LogP contribution in [0.3, 0.4) is 0 Å². The van der Waals surface area contributed by atoms with E-state index in [-0.39, 0.29) is 5.57 Å². The molecule has 0 radical (unpaired) electrons. The Morgan fingerprint density at radius 1 is 0.955 bits per heavy atom. The van der Waals surface area contributed by atoms with Crippen LogP contribution in [-0.4, -0.2) is 16.9 Å². The van der Waals surface area contributed by atoms with Gasteiger partial charge in [-0.05, 0) is 18.1 Å². The second kappa shape index (κ2) is 7.61. The molecule has 0 aliphatic carbocycles. The number of hydrogen-bond acceptors (Lipinski definition) is 3. The van der Waals surface area contributed by atoms with Crippen LogP contribution in [-0.2, 0) is 15.3 Å². The molecule has 0 aliphatic heterocycles. The summed E-state index contributed by atoms with van der Waals surface area (Å²) in [6.07, 6.45) is 0. The Bertz CT molecular complexity index is 675. The van der Waals surface area contributed by atoms with Gasteiger partial charge in [-0.15, -0.1) is 11.8 Å². The maximum Gasteiger partial charge on any atom is 0.340 e. The molecular formula is C18H16O3S. The summed E-state index contributed by atoms with van der Waals surface area (Å²) in [6.45, 7) is 1.29. The summed E-state index contributed by atoms with van der Waals surface area (Å²) < 4.78 is 0. The minimum Gasteiger partial charge on any atom is -0.478 e. The third-order valence-corrected chi connectivity index (χ3v) is 4.26. The van der Waals surface area contributed by atoms with E-state index in [2.05, 4.69) is 0 Å². The number of ketones is 1. The summed E-state index contributed by atoms with van der Waals surface area (Å²) in [5.41, 5.74) is 1.66. The standard InChI is InChI=1S/C18H16O3S/c1-13(19)16(18(20)21)17(15-10-6-3-7-11-15)22-12-14-8-4-2-5-9-14/h2-11H,12H2,1H3,(H,20,21). The van der Waals surface area contributed by atoms with E-state index in [0.29, 0.717) is 10.7 Å². The fourth-order valence-corrected chi connectivity index (χ4v) is 3.21. The van der Waals surface area contributed by atoms with Crippen LogP contribution in [0.5, 0.6) is 0 Å². The third kappa shape index (κ3) is 4.09. The summed E-state index contributed by atoms with van der Waals surface area (Å²) in [5, 5.41) is 9.38. The maximum absolute atomic E-state index is 11.8. The van der Waals surface area contributed by atoms with Crippen molar-refractivity contribution in [2.24, 2.45) is 0 Å². The van der Waals surface area contributed by atoms with Gasteiger partial charge in [0.2, 0.25) is 0 Å². The van der Waals surface area contributed by atoms with Crippen LogP contribution in [0.2, 0.25) is 0 Å². The first-order chi connectivity index (χ1) is 10.6. The summed E-state index contributed by atoms with van der Waals surface area (Å²) >= 11 is 1.37. The van der Waals surface area contributed by atoms with Crippen molar-refractivity contribution in [2.75, 3.05) is 0 Å². The monoisotopic (exact) mass is 312 g/mol. The molecule has 2 aromatic rings. The van der Waals surface area contributed by atoms with Gasteiger partial charge in [0, 0.05) is 10.7 Å². The number of benzene rings is 2. The molecule has 0 bridgehead atoms. The molecule has 0 saturated heterocycles. The first kappa shape index (κ1) is 16.0. The molecule has 4 heteroatoms. The van der Waals surface area contributed by atoms with Crippen molar-refractivity contribution in [3.63, 3.8) is 0 Å². The number of Topliss-reactive ketones (excluding diaryl/α,β-unsaturated/α-hetero) is 1. The van der Waals surface area contributed by atoms with E-state index in [1.807, 2.05) is 60.7 Å². The SMILES string of the molecule is CC(=O)C(C(=O)O)=C(SCc1ccccc1)c1ccccc1. The molecule has 0 amide bonds.